The Kier molecular flexibility index (Phi) is 6.73. The molecule has 0 fully saturated rings. The molecule has 0 N–H and O–H groups in total. The largest absolute Gasteiger partial charge is 0.497 e. The Bertz CT molecular complexity index is 528. The van der Waals surface area contributed by atoms with E-state index in [1.165, 1.54) is 18.4 Å². The molecule has 1 aromatic carbocycles. The first-order valence-corrected chi connectivity index (χ1v) is 8.50. The van der Waals surface area contributed by atoms with Gasteiger partial charge < -0.3 is 9.47 Å². The van der Waals surface area contributed by atoms with E-state index in [9.17, 15) is 0 Å². The summed E-state index contributed by atoms with van der Waals surface area (Å²) in [5.74, 6) is 1.85. The van der Waals surface area contributed by atoms with Crippen molar-refractivity contribution in [2.45, 2.75) is 60.8 Å². The first kappa shape index (κ1) is 19.6. The molecule has 0 atom stereocenters. The second-order valence-electron chi connectivity index (χ2n) is 8.41. The van der Waals surface area contributed by atoms with Crippen LogP contribution < -0.4 is 4.74 Å². The van der Waals surface area contributed by atoms with Crippen LogP contribution in [0.15, 0.2) is 29.8 Å². The van der Waals surface area contributed by atoms with E-state index in [0.29, 0.717) is 5.41 Å². The average molecular weight is 319 g/mol. The molecular formula is C21H34O2. The van der Waals surface area contributed by atoms with Gasteiger partial charge in [-0.2, -0.15) is 0 Å². The quantitative estimate of drug-likeness (QED) is 0.572. The molecule has 0 heterocycles. The van der Waals surface area contributed by atoms with Gasteiger partial charge in [-0.15, -0.1) is 0 Å². The van der Waals surface area contributed by atoms with E-state index >= 15 is 0 Å². The van der Waals surface area contributed by atoms with E-state index in [1.807, 2.05) is 18.2 Å². The second kappa shape index (κ2) is 7.90. The lowest BCUT2D eigenvalue weighted by molar-refractivity contribution is 0.335. The van der Waals surface area contributed by atoms with Gasteiger partial charge in [-0.3, -0.25) is 0 Å². The highest BCUT2D eigenvalue weighted by Crippen LogP contribution is 2.38. The Labute approximate surface area is 142 Å². The van der Waals surface area contributed by atoms with Gasteiger partial charge >= 0.3 is 0 Å². The van der Waals surface area contributed by atoms with Crippen molar-refractivity contribution in [2.24, 2.45) is 10.8 Å². The van der Waals surface area contributed by atoms with Gasteiger partial charge in [-0.05, 0) is 47.8 Å². The number of methoxy groups -OCH3 is 2. The van der Waals surface area contributed by atoms with Gasteiger partial charge in [0.15, 0.2) is 0 Å². The molecule has 2 nitrogen and oxygen atoms in total. The van der Waals surface area contributed by atoms with Gasteiger partial charge in [0.05, 0.1) is 14.2 Å². The maximum absolute atomic E-state index is 5.83. The molecule has 1 aromatic rings. The molecule has 0 aliphatic carbocycles. The summed E-state index contributed by atoms with van der Waals surface area (Å²) >= 11 is 0. The molecule has 23 heavy (non-hydrogen) atoms. The molecule has 0 radical (unpaired) electrons. The Morgan fingerprint density at radius 1 is 1.00 bits per heavy atom. The highest BCUT2D eigenvalue weighted by Gasteiger charge is 2.24. The normalized spacial score (nSPS) is 13.6. The molecule has 1 rings (SSSR count). The summed E-state index contributed by atoms with van der Waals surface area (Å²) < 4.78 is 11.2. The van der Waals surface area contributed by atoms with Crippen molar-refractivity contribution >= 4 is 5.76 Å². The summed E-state index contributed by atoms with van der Waals surface area (Å²) in [6.07, 6.45) is 3.44. The predicted molar refractivity (Wildman–Crippen MR) is 99.7 cm³/mol. The summed E-state index contributed by atoms with van der Waals surface area (Å²) in [7, 11) is 3.47. The molecule has 0 aliphatic heterocycles. The number of ether oxygens (including phenoxy) is 2. The molecule has 0 aromatic heterocycles. The van der Waals surface area contributed by atoms with Crippen LogP contribution in [0.4, 0.5) is 0 Å². The third-order valence-electron chi connectivity index (χ3n) is 4.07. The second-order valence-corrected chi connectivity index (χ2v) is 8.41. The zero-order chi connectivity index (χ0) is 17.7. The predicted octanol–water partition coefficient (Wildman–Crippen LogP) is 6.32. The fraction of sp³-hybridized carbons (Fsp3) is 0.619. The van der Waals surface area contributed by atoms with Gasteiger partial charge in [-0.1, -0.05) is 53.7 Å². The van der Waals surface area contributed by atoms with Crippen LogP contribution in [-0.4, -0.2) is 14.2 Å². The van der Waals surface area contributed by atoms with Crippen LogP contribution in [0.3, 0.4) is 0 Å². The molecule has 0 amide bonds. The molecule has 0 saturated heterocycles. The zero-order valence-corrected chi connectivity index (χ0v) is 16.2. The van der Waals surface area contributed by atoms with Crippen molar-refractivity contribution in [1.29, 1.82) is 0 Å². The maximum atomic E-state index is 5.83. The molecule has 130 valence electrons. The molecule has 0 bridgehead atoms. The van der Waals surface area contributed by atoms with E-state index in [1.54, 1.807) is 14.2 Å². The van der Waals surface area contributed by atoms with Crippen molar-refractivity contribution in [3.8, 4) is 5.75 Å². The number of hydrogen-bond acceptors (Lipinski definition) is 2. The van der Waals surface area contributed by atoms with E-state index in [-0.39, 0.29) is 5.41 Å². The smallest absolute Gasteiger partial charge is 0.125 e. The van der Waals surface area contributed by atoms with Crippen molar-refractivity contribution in [1.82, 2.24) is 0 Å². The number of hydrogen-bond donors (Lipinski definition) is 0. The van der Waals surface area contributed by atoms with Gasteiger partial charge in [0.1, 0.15) is 11.5 Å². The molecule has 0 spiro atoms. The molecular weight excluding hydrogens is 284 g/mol. The Morgan fingerprint density at radius 3 is 2.13 bits per heavy atom. The Balaban J connectivity index is 3.19. The van der Waals surface area contributed by atoms with Crippen LogP contribution in [0, 0.1) is 10.8 Å². The number of benzene rings is 1. The lowest BCUT2D eigenvalue weighted by Crippen LogP contribution is -2.14. The van der Waals surface area contributed by atoms with Crippen LogP contribution in [0.1, 0.15) is 66.4 Å². The third-order valence-corrected chi connectivity index (χ3v) is 4.07. The van der Waals surface area contributed by atoms with Crippen LogP contribution >= 0.6 is 0 Å². The van der Waals surface area contributed by atoms with Crippen LogP contribution in [0.2, 0.25) is 0 Å². The average Bonchev–Trinajstić information content (AvgIpc) is 2.44. The van der Waals surface area contributed by atoms with Crippen LogP contribution in [-0.2, 0) is 4.74 Å². The standard InChI is InChI=1S/C21H34O2/c1-20(2,3)14-10-13-18(21(4,5)6)19(23-8)16-11-9-12-17(15-16)22-7/h9,11-12,15H,10,13-14H2,1-8H3. The SMILES string of the molecule is COC(=C(CCCC(C)(C)C)C(C)(C)C)c1cccc(OC)c1. The first-order chi connectivity index (χ1) is 10.6. The fourth-order valence-electron chi connectivity index (χ4n) is 2.80. The van der Waals surface area contributed by atoms with Crippen molar-refractivity contribution in [3.63, 3.8) is 0 Å². The topological polar surface area (TPSA) is 18.5 Å². The van der Waals surface area contributed by atoms with Crippen LogP contribution in [0.25, 0.3) is 5.76 Å². The molecule has 0 unspecified atom stereocenters. The Morgan fingerprint density at radius 2 is 1.65 bits per heavy atom. The zero-order valence-electron chi connectivity index (χ0n) is 16.2. The summed E-state index contributed by atoms with van der Waals surface area (Å²) in [6, 6.07) is 8.13. The van der Waals surface area contributed by atoms with Gasteiger partial charge in [-0.25, -0.2) is 0 Å². The minimum atomic E-state index is 0.0757. The molecule has 2 heteroatoms. The van der Waals surface area contributed by atoms with Crippen LogP contribution in [0.5, 0.6) is 5.75 Å². The van der Waals surface area contributed by atoms with Crippen molar-refractivity contribution in [3.05, 3.63) is 35.4 Å². The lowest BCUT2D eigenvalue weighted by atomic mass is 9.79. The van der Waals surface area contributed by atoms with Gasteiger partial charge in [0, 0.05) is 5.56 Å². The third kappa shape index (κ3) is 6.29. The van der Waals surface area contributed by atoms with Gasteiger partial charge in [0.2, 0.25) is 0 Å². The van der Waals surface area contributed by atoms with E-state index < -0.39 is 0 Å². The van der Waals surface area contributed by atoms with Crippen molar-refractivity contribution < 1.29 is 9.47 Å². The Hall–Kier alpha value is -1.44. The molecule has 0 saturated carbocycles. The van der Waals surface area contributed by atoms with E-state index in [2.05, 4.69) is 47.6 Å². The molecule has 0 aliphatic rings. The van der Waals surface area contributed by atoms with Crippen molar-refractivity contribution in [2.75, 3.05) is 14.2 Å². The van der Waals surface area contributed by atoms with E-state index in [4.69, 9.17) is 9.47 Å². The maximum Gasteiger partial charge on any atom is 0.125 e. The first-order valence-electron chi connectivity index (χ1n) is 8.50. The lowest BCUT2D eigenvalue weighted by Gasteiger charge is -2.28. The monoisotopic (exact) mass is 318 g/mol. The summed E-state index contributed by atoms with van der Waals surface area (Å²) in [4.78, 5) is 0. The van der Waals surface area contributed by atoms with Gasteiger partial charge in [0.25, 0.3) is 0 Å². The highest BCUT2D eigenvalue weighted by atomic mass is 16.5. The minimum absolute atomic E-state index is 0.0757. The number of rotatable bonds is 6. The number of allylic oxidation sites excluding steroid dienone is 1. The summed E-state index contributed by atoms with van der Waals surface area (Å²) in [5.41, 5.74) is 2.91. The summed E-state index contributed by atoms with van der Waals surface area (Å²) in [6.45, 7) is 13.7. The fourth-order valence-corrected chi connectivity index (χ4v) is 2.80. The summed E-state index contributed by atoms with van der Waals surface area (Å²) in [5, 5.41) is 0. The van der Waals surface area contributed by atoms with E-state index in [0.717, 1.165) is 23.5 Å². The highest BCUT2D eigenvalue weighted by molar-refractivity contribution is 5.65. The minimum Gasteiger partial charge on any atom is -0.497 e.